The molecular formula is C16H22F3N3O. The summed E-state index contributed by atoms with van der Waals surface area (Å²) < 4.78 is 40.6. The van der Waals surface area contributed by atoms with E-state index in [4.69, 9.17) is 0 Å². The molecule has 0 radical (unpaired) electrons. The van der Waals surface area contributed by atoms with E-state index in [2.05, 4.69) is 5.10 Å². The average molecular weight is 329 g/mol. The van der Waals surface area contributed by atoms with Crippen LogP contribution in [0.4, 0.5) is 13.2 Å². The molecule has 23 heavy (non-hydrogen) atoms. The van der Waals surface area contributed by atoms with Crippen LogP contribution in [0.5, 0.6) is 0 Å². The molecule has 1 amide bonds. The van der Waals surface area contributed by atoms with Crippen LogP contribution in [0.1, 0.15) is 38.5 Å². The van der Waals surface area contributed by atoms with Crippen molar-refractivity contribution in [3.05, 3.63) is 18.5 Å². The zero-order valence-corrected chi connectivity index (χ0v) is 13.0. The summed E-state index contributed by atoms with van der Waals surface area (Å²) >= 11 is 0. The number of rotatable bonds is 3. The summed E-state index contributed by atoms with van der Waals surface area (Å²) in [5, 5.41) is 4.16. The fraction of sp³-hybridized carbons (Fsp3) is 0.750. The third kappa shape index (κ3) is 3.70. The minimum atomic E-state index is -4.18. The number of halogens is 3. The van der Waals surface area contributed by atoms with Crippen molar-refractivity contribution in [1.82, 2.24) is 14.7 Å². The third-order valence-electron chi connectivity index (χ3n) is 5.10. The fourth-order valence-corrected chi connectivity index (χ4v) is 3.89. The highest BCUT2D eigenvalue weighted by Crippen LogP contribution is 2.41. The molecule has 1 saturated carbocycles. The predicted octanol–water partition coefficient (Wildman–Crippen LogP) is 3.24. The molecule has 1 saturated heterocycles. The van der Waals surface area contributed by atoms with Crippen molar-refractivity contribution in [1.29, 1.82) is 0 Å². The summed E-state index contributed by atoms with van der Waals surface area (Å²) in [6, 6.07) is 1.88. The molecule has 0 N–H and O–H groups in total. The van der Waals surface area contributed by atoms with Crippen molar-refractivity contribution < 1.29 is 18.0 Å². The zero-order chi connectivity index (χ0) is 16.4. The minimum absolute atomic E-state index is 0.0483. The smallest absolute Gasteiger partial charge is 0.338 e. The Morgan fingerprint density at radius 1 is 1.22 bits per heavy atom. The Hall–Kier alpha value is -1.53. The van der Waals surface area contributed by atoms with Gasteiger partial charge in [-0.05, 0) is 38.2 Å². The first-order valence-corrected chi connectivity index (χ1v) is 8.30. The van der Waals surface area contributed by atoms with Crippen molar-refractivity contribution in [2.45, 2.75) is 57.3 Å². The molecule has 0 unspecified atom stereocenters. The number of carbonyl (C=O) groups excluding carboxylic acids is 1. The number of aromatic nitrogens is 2. The number of alkyl halides is 3. The molecule has 7 heteroatoms. The summed E-state index contributed by atoms with van der Waals surface area (Å²) in [5.74, 6) is -1.89. The summed E-state index contributed by atoms with van der Waals surface area (Å²) in [6.07, 6.45) is 2.33. The molecule has 1 aromatic rings. The zero-order valence-electron chi connectivity index (χ0n) is 13.0. The van der Waals surface area contributed by atoms with Crippen LogP contribution < -0.4 is 0 Å². The Morgan fingerprint density at radius 2 is 2.04 bits per heavy atom. The molecule has 0 spiro atoms. The first kappa shape index (κ1) is 16.3. The van der Waals surface area contributed by atoms with Crippen LogP contribution in [0.25, 0.3) is 0 Å². The van der Waals surface area contributed by atoms with Crippen molar-refractivity contribution in [2.24, 2.45) is 11.8 Å². The van der Waals surface area contributed by atoms with E-state index in [1.807, 2.05) is 12.3 Å². The maximum atomic E-state index is 12.9. The lowest BCUT2D eigenvalue weighted by atomic mass is 9.80. The Balaban J connectivity index is 1.64. The lowest BCUT2D eigenvalue weighted by molar-refractivity contribution is -0.187. The topological polar surface area (TPSA) is 38.1 Å². The van der Waals surface area contributed by atoms with Crippen molar-refractivity contribution in [3.63, 3.8) is 0 Å². The van der Waals surface area contributed by atoms with Gasteiger partial charge >= 0.3 is 6.18 Å². The predicted molar refractivity (Wildman–Crippen MR) is 78.5 cm³/mol. The van der Waals surface area contributed by atoms with Gasteiger partial charge in [-0.2, -0.15) is 18.3 Å². The van der Waals surface area contributed by atoms with Gasteiger partial charge in [0.15, 0.2) is 0 Å². The highest BCUT2D eigenvalue weighted by Gasteiger charge is 2.45. The average Bonchev–Trinajstić information content (AvgIpc) is 3.18. The Bertz CT molecular complexity index is 529. The molecule has 2 fully saturated rings. The van der Waals surface area contributed by atoms with Crippen LogP contribution >= 0.6 is 0 Å². The van der Waals surface area contributed by atoms with Gasteiger partial charge in [-0.25, -0.2) is 0 Å². The fourth-order valence-electron chi connectivity index (χ4n) is 3.89. The van der Waals surface area contributed by atoms with Gasteiger partial charge in [-0.15, -0.1) is 0 Å². The first-order valence-electron chi connectivity index (χ1n) is 8.30. The molecule has 1 aliphatic heterocycles. The second-order valence-corrected chi connectivity index (χ2v) is 6.66. The Morgan fingerprint density at radius 3 is 2.74 bits per heavy atom. The van der Waals surface area contributed by atoms with Gasteiger partial charge in [0.25, 0.3) is 0 Å². The number of hydrogen-bond acceptors (Lipinski definition) is 2. The second kappa shape index (κ2) is 6.53. The van der Waals surface area contributed by atoms with Gasteiger partial charge in [0.2, 0.25) is 5.91 Å². The molecule has 0 aromatic carbocycles. The summed E-state index contributed by atoms with van der Waals surface area (Å²) in [5.41, 5.74) is 0. The first-order chi connectivity index (χ1) is 10.9. The van der Waals surface area contributed by atoms with Crippen LogP contribution in [-0.4, -0.2) is 39.4 Å². The molecule has 2 aliphatic rings. The van der Waals surface area contributed by atoms with Gasteiger partial charge < -0.3 is 4.90 Å². The van der Waals surface area contributed by atoms with Crippen molar-refractivity contribution in [2.75, 3.05) is 6.54 Å². The molecule has 3 atom stereocenters. The van der Waals surface area contributed by atoms with E-state index < -0.39 is 18.0 Å². The summed E-state index contributed by atoms with van der Waals surface area (Å²) in [7, 11) is 0. The van der Waals surface area contributed by atoms with E-state index >= 15 is 0 Å². The van der Waals surface area contributed by atoms with E-state index in [1.165, 1.54) is 0 Å². The molecule has 3 rings (SSSR count). The second-order valence-electron chi connectivity index (χ2n) is 6.66. The standard InChI is InChI=1S/C16H22F3N3O/c17-16(18,19)13-5-1-4-12(10-13)15(23)22-9-2-6-14(22)11-21-8-3-7-20-21/h3,7-8,12-14H,1-2,4-6,9-11H2/t12-,13-,14+/m1/s1. The Kier molecular flexibility index (Phi) is 4.64. The molecule has 2 heterocycles. The number of carbonyl (C=O) groups is 1. The quantitative estimate of drug-likeness (QED) is 0.854. The third-order valence-corrected chi connectivity index (χ3v) is 5.10. The highest BCUT2D eigenvalue weighted by molar-refractivity contribution is 5.79. The van der Waals surface area contributed by atoms with E-state index in [1.54, 1.807) is 15.8 Å². The summed E-state index contributed by atoms with van der Waals surface area (Å²) in [4.78, 5) is 14.5. The SMILES string of the molecule is O=C([C@@H]1CCC[C@@H](C(F)(F)F)C1)N1CCC[C@H]1Cn1cccn1. The van der Waals surface area contributed by atoms with Crippen LogP contribution in [0.3, 0.4) is 0 Å². The van der Waals surface area contributed by atoms with Crippen LogP contribution in [-0.2, 0) is 11.3 Å². The normalized spacial score (nSPS) is 29.0. The van der Waals surface area contributed by atoms with E-state index in [0.29, 0.717) is 25.9 Å². The number of amides is 1. The van der Waals surface area contributed by atoms with Gasteiger partial charge in [0.1, 0.15) is 0 Å². The van der Waals surface area contributed by atoms with Gasteiger partial charge in [0, 0.05) is 24.9 Å². The van der Waals surface area contributed by atoms with Crippen LogP contribution in [0.15, 0.2) is 18.5 Å². The highest BCUT2D eigenvalue weighted by atomic mass is 19.4. The van der Waals surface area contributed by atoms with Crippen molar-refractivity contribution in [3.8, 4) is 0 Å². The number of likely N-dealkylation sites (tertiary alicyclic amines) is 1. The largest absolute Gasteiger partial charge is 0.391 e. The lowest BCUT2D eigenvalue weighted by Gasteiger charge is -2.34. The maximum Gasteiger partial charge on any atom is 0.391 e. The number of hydrogen-bond donors (Lipinski definition) is 0. The molecule has 0 bridgehead atoms. The maximum absolute atomic E-state index is 12.9. The minimum Gasteiger partial charge on any atom is -0.338 e. The van der Waals surface area contributed by atoms with E-state index in [-0.39, 0.29) is 24.8 Å². The molecule has 1 aromatic heterocycles. The molecule has 128 valence electrons. The molecule has 4 nitrogen and oxygen atoms in total. The summed E-state index contributed by atoms with van der Waals surface area (Å²) in [6.45, 7) is 1.27. The molecule has 1 aliphatic carbocycles. The van der Waals surface area contributed by atoms with E-state index in [9.17, 15) is 18.0 Å². The van der Waals surface area contributed by atoms with Crippen LogP contribution in [0, 0.1) is 11.8 Å². The number of nitrogens with zero attached hydrogens (tertiary/aromatic N) is 3. The monoisotopic (exact) mass is 329 g/mol. The van der Waals surface area contributed by atoms with E-state index in [0.717, 1.165) is 12.8 Å². The van der Waals surface area contributed by atoms with Gasteiger partial charge in [-0.3, -0.25) is 9.48 Å². The van der Waals surface area contributed by atoms with Gasteiger partial charge in [-0.1, -0.05) is 6.42 Å². The van der Waals surface area contributed by atoms with Crippen LogP contribution in [0.2, 0.25) is 0 Å². The Labute approximate surface area is 133 Å². The molecular weight excluding hydrogens is 307 g/mol. The van der Waals surface area contributed by atoms with Crippen molar-refractivity contribution >= 4 is 5.91 Å². The lowest BCUT2D eigenvalue weighted by Crippen LogP contribution is -2.44. The van der Waals surface area contributed by atoms with Gasteiger partial charge in [0.05, 0.1) is 18.5 Å².